The van der Waals surface area contributed by atoms with E-state index in [1.807, 2.05) is 0 Å². The SMILES string of the molecule is CC1CCCN(C(=O)CN2CC(C)NC(C)C2)C1.Cl. The van der Waals surface area contributed by atoms with Crippen LogP contribution in [0.15, 0.2) is 0 Å². The maximum absolute atomic E-state index is 12.3. The highest BCUT2D eigenvalue weighted by Crippen LogP contribution is 2.16. The Morgan fingerprint density at radius 2 is 1.79 bits per heavy atom. The number of carbonyl (C=O) groups excluding carboxylic acids is 1. The van der Waals surface area contributed by atoms with Gasteiger partial charge in [0.05, 0.1) is 6.54 Å². The standard InChI is InChI=1S/C14H27N3O.ClH/c1-11-5-4-6-17(7-11)14(18)10-16-8-12(2)15-13(3)9-16;/h11-13,15H,4-10H2,1-3H3;1H. The summed E-state index contributed by atoms with van der Waals surface area (Å²) in [5.41, 5.74) is 0. The van der Waals surface area contributed by atoms with Crippen LogP contribution in [0.5, 0.6) is 0 Å². The van der Waals surface area contributed by atoms with Crippen LogP contribution in [-0.4, -0.2) is 60.5 Å². The zero-order chi connectivity index (χ0) is 13.1. The van der Waals surface area contributed by atoms with Crippen molar-refractivity contribution >= 4 is 18.3 Å². The third-order valence-electron chi connectivity index (χ3n) is 4.00. The Morgan fingerprint density at radius 3 is 2.37 bits per heavy atom. The summed E-state index contributed by atoms with van der Waals surface area (Å²) in [5, 5.41) is 3.50. The molecule has 2 aliphatic heterocycles. The van der Waals surface area contributed by atoms with Gasteiger partial charge >= 0.3 is 0 Å². The molecule has 4 nitrogen and oxygen atoms in total. The normalized spacial score (nSPS) is 32.8. The smallest absolute Gasteiger partial charge is 0.236 e. The van der Waals surface area contributed by atoms with Crippen molar-refractivity contribution in [2.75, 3.05) is 32.7 Å². The number of carbonyl (C=O) groups is 1. The largest absolute Gasteiger partial charge is 0.341 e. The minimum atomic E-state index is 0. The Hall–Kier alpha value is -0.320. The molecule has 0 radical (unpaired) electrons. The van der Waals surface area contributed by atoms with Crippen molar-refractivity contribution in [1.82, 2.24) is 15.1 Å². The summed E-state index contributed by atoms with van der Waals surface area (Å²) in [4.78, 5) is 16.6. The van der Waals surface area contributed by atoms with E-state index in [0.717, 1.165) is 26.2 Å². The van der Waals surface area contributed by atoms with Crippen LogP contribution in [0, 0.1) is 5.92 Å². The molecule has 1 amide bonds. The molecule has 0 bridgehead atoms. The highest BCUT2D eigenvalue weighted by Gasteiger charge is 2.26. The Bertz CT molecular complexity index is 290. The van der Waals surface area contributed by atoms with E-state index in [1.54, 1.807) is 0 Å². The summed E-state index contributed by atoms with van der Waals surface area (Å²) in [6, 6.07) is 0.976. The minimum absolute atomic E-state index is 0. The Morgan fingerprint density at radius 1 is 1.16 bits per heavy atom. The van der Waals surface area contributed by atoms with Crippen LogP contribution in [0.1, 0.15) is 33.6 Å². The van der Waals surface area contributed by atoms with Crippen LogP contribution in [-0.2, 0) is 4.79 Å². The summed E-state index contributed by atoms with van der Waals surface area (Å²) in [5.74, 6) is 0.992. The molecule has 2 aliphatic rings. The molecule has 0 saturated carbocycles. The molecule has 2 rings (SSSR count). The molecule has 1 N–H and O–H groups in total. The van der Waals surface area contributed by atoms with Crippen LogP contribution in [0.2, 0.25) is 0 Å². The van der Waals surface area contributed by atoms with Crippen molar-refractivity contribution in [3.8, 4) is 0 Å². The predicted octanol–water partition coefficient (Wildman–Crippen LogP) is 1.35. The fourth-order valence-corrected chi connectivity index (χ4v) is 3.28. The average Bonchev–Trinajstić information content (AvgIpc) is 2.27. The Balaban J connectivity index is 0.00000180. The molecular formula is C14H28ClN3O. The number of nitrogens with zero attached hydrogens (tertiary/aromatic N) is 2. The highest BCUT2D eigenvalue weighted by molar-refractivity contribution is 5.85. The Kier molecular flexibility index (Phi) is 6.57. The second-order valence-electron chi connectivity index (χ2n) is 6.25. The van der Waals surface area contributed by atoms with Gasteiger partial charge in [0.15, 0.2) is 0 Å². The van der Waals surface area contributed by atoms with Crippen molar-refractivity contribution in [3.63, 3.8) is 0 Å². The number of nitrogens with one attached hydrogen (secondary N) is 1. The van der Waals surface area contributed by atoms with Gasteiger partial charge in [-0.3, -0.25) is 9.69 Å². The molecule has 0 aliphatic carbocycles. The molecule has 0 spiro atoms. The number of hydrogen-bond donors (Lipinski definition) is 1. The predicted molar refractivity (Wildman–Crippen MR) is 80.7 cm³/mol. The van der Waals surface area contributed by atoms with Gasteiger partial charge in [-0.1, -0.05) is 6.92 Å². The third-order valence-corrected chi connectivity index (χ3v) is 4.00. The van der Waals surface area contributed by atoms with Gasteiger partial charge in [0.1, 0.15) is 0 Å². The van der Waals surface area contributed by atoms with Gasteiger partial charge in [-0.15, -0.1) is 12.4 Å². The Labute approximate surface area is 123 Å². The van der Waals surface area contributed by atoms with Gasteiger partial charge in [0, 0.05) is 38.3 Å². The molecule has 3 atom stereocenters. The quantitative estimate of drug-likeness (QED) is 0.834. The first-order valence-corrected chi connectivity index (χ1v) is 7.30. The highest BCUT2D eigenvalue weighted by atomic mass is 35.5. The van der Waals surface area contributed by atoms with Crippen LogP contribution in [0.25, 0.3) is 0 Å². The van der Waals surface area contributed by atoms with Gasteiger partial charge in [-0.25, -0.2) is 0 Å². The summed E-state index contributed by atoms with van der Waals surface area (Å²) >= 11 is 0. The zero-order valence-corrected chi connectivity index (χ0v) is 13.2. The summed E-state index contributed by atoms with van der Waals surface area (Å²) in [6.07, 6.45) is 2.44. The monoisotopic (exact) mass is 289 g/mol. The van der Waals surface area contributed by atoms with Crippen LogP contribution in [0.3, 0.4) is 0 Å². The summed E-state index contributed by atoms with van der Waals surface area (Å²) in [6.45, 7) is 11.1. The number of likely N-dealkylation sites (tertiary alicyclic amines) is 1. The average molecular weight is 290 g/mol. The molecule has 2 saturated heterocycles. The fourth-order valence-electron chi connectivity index (χ4n) is 3.28. The molecule has 2 heterocycles. The molecule has 19 heavy (non-hydrogen) atoms. The van der Waals surface area contributed by atoms with Gasteiger partial charge in [-0.2, -0.15) is 0 Å². The lowest BCUT2D eigenvalue weighted by atomic mass is 10.0. The number of hydrogen-bond acceptors (Lipinski definition) is 3. The van der Waals surface area contributed by atoms with Gasteiger partial charge in [-0.05, 0) is 32.6 Å². The molecule has 0 aromatic heterocycles. The molecule has 2 fully saturated rings. The molecular weight excluding hydrogens is 262 g/mol. The lowest BCUT2D eigenvalue weighted by Crippen LogP contribution is -2.56. The second kappa shape index (κ2) is 7.46. The second-order valence-corrected chi connectivity index (χ2v) is 6.25. The van der Waals surface area contributed by atoms with Crippen LogP contribution < -0.4 is 5.32 Å². The van der Waals surface area contributed by atoms with Crippen molar-refractivity contribution in [2.24, 2.45) is 5.92 Å². The maximum atomic E-state index is 12.3. The zero-order valence-electron chi connectivity index (χ0n) is 12.4. The third kappa shape index (κ3) is 4.93. The van der Waals surface area contributed by atoms with Crippen molar-refractivity contribution in [3.05, 3.63) is 0 Å². The van der Waals surface area contributed by atoms with E-state index >= 15 is 0 Å². The number of rotatable bonds is 2. The number of amides is 1. The van der Waals surface area contributed by atoms with E-state index in [-0.39, 0.29) is 12.4 Å². The van der Waals surface area contributed by atoms with Crippen LogP contribution in [0.4, 0.5) is 0 Å². The van der Waals surface area contributed by atoms with E-state index in [1.165, 1.54) is 12.8 Å². The van der Waals surface area contributed by atoms with Gasteiger partial charge in [0.2, 0.25) is 5.91 Å². The summed E-state index contributed by atoms with van der Waals surface area (Å²) in [7, 11) is 0. The van der Waals surface area contributed by atoms with E-state index in [4.69, 9.17) is 0 Å². The van der Waals surface area contributed by atoms with Crippen molar-refractivity contribution in [2.45, 2.75) is 45.7 Å². The van der Waals surface area contributed by atoms with E-state index in [0.29, 0.717) is 30.5 Å². The van der Waals surface area contributed by atoms with Crippen molar-refractivity contribution < 1.29 is 4.79 Å². The number of halogens is 1. The first-order chi connectivity index (χ1) is 8.54. The van der Waals surface area contributed by atoms with E-state index in [2.05, 4.69) is 35.9 Å². The lowest BCUT2D eigenvalue weighted by Gasteiger charge is -2.38. The maximum Gasteiger partial charge on any atom is 0.236 e. The van der Waals surface area contributed by atoms with E-state index in [9.17, 15) is 4.79 Å². The first-order valence-electron chi connectivity index (χ1n) is 7.30. The molecule has 0 aromatic carbocycles. The molecule has 5 heteroatoms. The van der Waals surface area contributed by atoms with Crippen molar-refractivity contribution in [1.29, 1.82) is 0 Å². The number of piperazine rings is 1. The lowest BCUT2D eigenvalue weighted by molar-refractivity contribution is -0.134. The number of piperidine rings is 1. The van der Waals surface area contributed by atoms with E-state index < -0.39 is 0 Å². The van der Waals surface area contributed by atoms with Crippen LogP contribution >= 0.6 is 12.4 Å². The summed E-state index contributed by atoms with van der Waals surface area (Å²) < 4.78 is 0. The van der Waals surface area contributed by atoms with Gasteiger partial charge in [0.25, 0.3) is 0 Å². The molecule has 3 unspecified atom stereocenters. The molecule has 0 aromatic rings. The molecule has 112 valence electrons. The first kappa shape index (κ1) is 16.7. The minimum Gasteiger partial charge on any atom is -0.341 e. The fraction of sp³-hybridized carbons (Fsp3) is 0.929. The van der Waals surface area contributed by atoms with Gasteiger partial charge < -0.3 is 10.2 Å². The topological polar surface area (TPSA) is 35.6 Å².